The lowest BCUT2D eigenvalue weighted by Gasteiger charge is -2.20. The first-order chi connectivity index (χ1) is 6.21. The van der Waals surface area contributed by atoms with Crippen LogP contribution in [0.2, 0.25) is 0 Å². The smallest absolute Gasteiger partial charge is 0.212 e. The lowest BCUT2D eigenvalue weighted by molar-refractivity contribution is 0.564. The Balaban J connectivity index is 2.96. The Morgan fingerprint density at radius 3 is 2.43 bits per heavy atom. The molecular weight excluding hydrogens is 308 g/mol. The quantitative estimate of drug-likeness (QED) is 0.801. The number of rotatable bonds is 3. The zero-order valence-electron chi connectivity index (χ0n) is 7.75. The summed E-state index contributed by atoms with van der Waals surface area (Å²) >= 11 is 4.87. The molecule has 0 bridgehead atoms. The highest BCUT2D eigenvalue weighted by Gasteiger charge is 2.28. The van der Waals surface area contributed by atoms with Gasteiger partial charge >= 0.3 is 0 Å². The molecule has 80 valence electrons. The SMILES string of the molecule is CC(C)(CS(=O)(=O)Cl)c1ccc(Br)s1. The number of thiophene rings is 1. The first kappa shape index (κ1) is 12.5. The molecule has 1 aromatic heterocycles. The molecule has 0 aliphatic rings. The van der Waals surface area contributed by atoms with E-state index in [1.807, 2.05) is 26.0 Å². The maximum Gasteiger partial charge on any atom is 0.233 e. The predicted molar refractivity (Wildman–Crippen MR) is 64.7 cm³/mol. The van der Waals surface area contributed by atoms with Gasteiger partial charge < -0.3 is 0 Å². The average Bonchev–Trinajstić information content (AvgIpc) is 2.29. The third kappa shape index (κ3) is 3.53. The van der Waals surface area contributed by atoms with E-state index < -0.39 is 14.5 Å². The van der Waals surface area contributed by atoms with Crippen LogP contribution in [0.1, 0.15) is 18.7 Å². The standard InChI is InChI=1S/C8H10BrClO2S2/c1-8(2,5-14(10,11)12)6-3-4-7(9)13-6/h3-4H,5H2,1-2H3. The second-order valence-electron chi connectivity index (χ2n) is 3.67. The summed E-state index contributed by atoms with van der Waals surface area (Å²) in [7, 11) is 1.78. The van der Waals surface area contributed by atoms with Gasteiger partial charge in [0.1, 0.15) is 0 Å². The van der Waals surface area contributed by atoms with E-state index in [2.05, 4.69) is 15.9 Å². The van der Waals surface area contributed by atoms with Crippen LogP contribution in [-0.4, -0.2) is 14.2 Å². The van der Waals surface area contributed by atoms with Gasteiger partial charge in [-0.2, -0.15) is 0 Å². The van der Waals surface area contributed by atoms with Crippen molar-refractivity contribution in [2.75, 3.05) is 5.75 Å². The summed E-state index contributed by atoms with van der Waals surface area (Å²) in [5.74, 6) is -0.0471. The van der Waals surface area contributed by atoms with Crippen molar-refractivity contribution >= 4 is 47.0 Å². The van der Waals surface area contributed by atoms with Crippen LogP contribution < -0.4 is 0 Å². The van der Waals surface area contributed by atoms with Gasteiger partial charge in [0.2, 0.25) is 9.05 Å². The molecule has 0 radical (unpaired) electrons. The molecule has 0 saturated heterocycles. The minimum Gasteiger partial charge on any atom is -0.212 e. The predicted octanol–water partition coefficient (Wildman–Crippen LogP) is 3.36. The van der Waals surface area contributed by atoms with Gasteiger partial charge in [0, 0.05) is 21.0 Å². The van der Waals surface area contributed by atoms with E-state index in [1.54, 1.807) is 0 Å². The summed E-state index contributed by atoms with van der Waals surface area (Å²) < 4.78 is 23.0. The molecule has 2 nitrogen and oxygen atoms in total. The molecule has 14 heavy (non-hydrogen) atoms. The molecule has 1 heterocycles. The van der Waals surface area contributed by atoms with Crippen molar-refractivity contribution in [3.05, 3.63) is 20.8 Å². The molecule has 0 atom stereocenters. The highest BCUT2D eigenvalue weighted by Crippen LogP contribution is 2.34. The van der Waals surface area contributed by atoms with Crippen molar-refractivity contribution in [1.29, 1.82) is 0 Å². The Labute approximate surface area is 101 Å². The van der Waals surface area contributed by atoms with E-state index in [9.17, 15) is 8.42 Å². The minimum atomic E-state index is -3.46. The molecule has 0 aliphatic carbocycles. The number of hydrogen-bond donors (Lipinski definition) is 0. The molecule has 0 aliphatic heterocycles. The van der Waals surface area contributed by atoms with Crippen LogP contribution in [0, 0.1) is 0 Å². The second-order valence-corrected chi connectivity index (χ2v) is 8.91. The average molecular weight is 318 g/mol. The Bertz CT molecular complexity index is 422. The highest BCUT2D eigenvalue weighted by molar-refractivity contribution is 9.11. The van der Waals surface area contributed by atoms with Crippen molar-refractivity contribution < 1.29 is 8.42 Å². The molecule has 0 fully saturated rings. The molecule has 1 rings (SSSR count). The Morgan fingerprint density at radius 2 is 2.07 bits per heavy atom. The third-order valence-corrected chi connectivity index (χ3v) is 5.16. The van der Waals surface area contributed by atoms with E-state index in [0.29, 0.717) is 0 Å². The Kier molecular flexibility index (Phi) is 3.67. The fourth-order valence-corrected chi connectivity index (χ4v) is 4.59. The molecule has 0 spiro atoms. The summed E-state index contributed by atoms with van der Waals surface area (Å²) in [5.41, 5.74) is -0.433. The third-order valence-electron chi connectivity index (χ3n) is 1.77. The van der Waals surface area contributed by atoms with E-state index in [4.69, 9.17) is 10.7 Å². The zero-order chi connectivity index (χ0) is 11.0. The van der Waals surface area contributed by atoms with Crippen molar-refractivity contribution in [1.82, 2.24) is 0 Å². The molecule has 0 unspecified atom stereocenters. The molecule has 0 amide bonds. The zero-order valence-corrected chi connectivity index (χ0v) is 11.7. The van der Waals surface area contributed by atoms with E-state index >= 15 is 0 Å². The van der Waals surface area contributed by atoms with E-state index in [1.165, 1.54) is 11.3 Å². The van der Waals surface area contributed by atoms with Gasteiger partial charge in [-0.15, -0.1) is 11.3 Å². The van der Waals surface area contributed by atoms with Gasteiger partial charge in [-0.05, 0) is 28.1 Å². The summed E-state index contributed by atoms with van der Waals surface area (Å²) in [5, 5.41) is 0. The summed E-state index contributed by atoms with van der Waals surface area (Å²) in [4.78, 5) is 1.01. The van der Waals surface area contributed by atoms with Crippen molar-refractivity contribution in [3.8, 4) is 0 Å². The fourth-order valence-electron chi connectivity index (χ4n) is 1.18. The largest absolute Gasteiger partial charge is 0.233 e. The first-order valence-electron chi connectivity index (χ1n) is 3.89. The van der Waals surface area contributed by atoms with Crippen molar-refractivity contribution in [3.63, 3.8) is 0 Å². The van der Waals surface area contributed by atoms with Crippen molar-refractivity contribution in [2.45, 2.75) is 19.3 Å². The van der Waals surface area contributed by atoms with Gasteiger partial charge in [0.25, 0.3) is 0 Å². The van der Waals surface area contributed by atoms with Crippen LogP contribution >= 0.6 is 37.9 Å². The van der Waals surface area contributed by atoms with Gasteiger partial charge in [-0.3, -0.25) is 0 Å². The molecule has 6 heteroatoms. The van der Waals surface area contributed by atoms with Gasteiger partial charge in [0.15, 0.2) is 0 Å². The Morgan fingerprint density at radius 1 is 1.50 bits per heavy atom. The van der Waals surface area contributed by atoms with Gasteiger partial charge in [-0.1, -0.05) is 13.8 Å². The monoisotopic (exact) mass is 316 g/mol. The van der Waals surface area contributed by atoms with E-state index in [-0.39, 0.29) is 5.75 Å². The normalized spacial score (nSPS) is 13.1. The van der Waals surface area contributed by atoms with Crippen LogP contribution in [0.3, 0.4) is 0 Å². The van der Waals surface area contributed by atoms with Crippen LogP contribution in [0.5, 0.6) is 0 Å². The number of hydrogen-bond acceptors (Lipinski definition) is 3. The lowest BCUT2D eigenvalue weighted by Crippen LogP contribution is -2.24. The van der Waals surface area contributed by atoms with Gasteiger partial charge in [-0.25, -0.2) is 8.42 Å². The van der Waals surface area contributed by atoms with Crippen LogP contribution in [-0.2, 0) is 14.5 Å². The maximum atomic E-state index is 11.0. The highest BCUT2D eigenvalue weighted by atomic mass is 79.9. The molecule has 0 aromatic carbocycles. The van der Waals surface area contributed by atoms with Gasteiger partial charge in [0.05, 0.1) is 9.54 Å². The summed E-state index contributed by atoms with van der Waals surface area (Å²) in [6.45, 7) is 3.73. The van der Waals surface area contributed by atoms with Crippen LogP contribution in [0.4, 0.5) is 0 Å². The maximum absolute atomic E-state index is 11.0. The molecule has 1 aromatic rings. The van der Waals surface area contributed by atoms with Crippen molar-refractivity contribution in [2.24, 2.45) is 0 Å². The number of halogens is 2. The first-order valence-corrected chi connectivity index (χ1v) is 7.98. The lowest BCUT2D eigenvalue weighted by atomic mass is 9.94. The molecule has 0 N–H and O–H groups in total. The minimum absolute atomic E-state index is 0.0471. The fraction of sp³-hybridized carbons (Fsp3) is 0.500. The molecular formula is C8H10BrClO2S2. The summed E-state index contributed by atoms with van der Waals surface area (Å²) in [6.07, 6.45) is 0. The second kappa shape index (κ2) is 4.12. The van der Waals surface area contributed by atoms with Crippen LogP contribution in [0.25, 0.3) is 0 Å². The summed E-state index contributed by atoms with van der Waals surface area (Å²) in [6, 6.07) is 3.82. The van der Waals surface area contributed by atoms with E-state index in [0.717, 1.165) is 8.66 Å². The Hall–Kier alpha value is 0.420. The van der Waals surface area contributed by atoms with Crippen LogP contribution in [0.15, 0.2) is 15.9 Å². The molecule has 0 saturated carbocycles. The topological polar surface area (TPSA) is 34.1 Å².